The summed E-state index contributed by atoms with van der Waals surface area (Å²) in [6.45, 7) is 0. The van der Waals surface area contributed by atoms with Crippen molar-refractivity contribution in [2.45, 2.75) is 24.7 Å². The van der Waals surface area contributed by atoms with E-state index in [2.05, 4.69) is 6.07 Å². The summed E-state index contributed by atoms with van der Waals surface area (Å²) < 4.78 is 182. The lowest BCUT2D eigenvalue weighted by Gasteiger charge is -2.25. The second-order valence-corrected chi connectivity index (χ2v) is 18.4. The van der Waals surface area contributed by atoms with Crippen LogP contribution in [-0.2, 0) is 24.7 Å². The monoisotopic (exact) mass is 1040 g/mol. The predicted octanol–water partition coefficient (Wildman–Crippen LogP) is 18.0. The van der Waals surface area contributed by atoms with Crippen LogP contribution < -0.4 is 0 Å². The molecule has 4 aromatic heterocycles. The maximum Gasteiger partial charge on any atom is 0.416 e. The van der Waals surface area contributed by atoms with Gasteiger partial charge in [-0.15, -0.1) is 0 Å². The standard InChI is InChI=1S/C59H29F12N5/c60-56(61,62)31-17-21-48-39(25-31)35-9-1-5-13-44(35)73(48)52-29-53(74-45-14-6-2-10-36(45)40-26-32(57(63,64)65)18-22-49(40)74)55(76-47-16-8-4-12-38(47)42-28-34(59(69,70)71)20-24-51(42)76)43(30-72)54(52)75-46-15-7-3-11-37(46)41-27-33(58(66,67)68)19-23-50(41)75/h1-29H. The molecule has 0 fully saturated rings. The highest BCUT2D eigenvalue weighted by atomic mass is 19.4. The topological polar surface area (TPSA) is 43.5 Å². The molecule has 5 nitrogen and oxygen atoms in total. The number of nitriles is 1. The molecule has 374 valence electrons. The summed E-state index contributed by atoms with van der Waals surface area (Å²) in [7, 11) is 0. The molecule has 0 aliphatic carbocycles. The first-order valence-electron chi connectivity index (χ1n) is 23.3. The van der Waals surface area contributed by atoms with Crippen LogP contribution in [0.3, 0.4) is 0 Å². The zero-order chi connectivity index (χ0) is 53.0. The van der Waals surface area contributed by atoms with Crippen molar-refractivity contribution in [1.29, 1.82) is 5.26 Å². The normalized spacial score (nSPS) is 13.0. The van der Waals surface area contributed by atoms with Gasteiger partial charge in [0.15, 0.2) is 0 Å². The van der Waals surface area contributed by atoms with Gasteiger partial charge in [0.25, 0.3) is 0 Å². The van der Waals surface area contributed by atoms with Crippen molar-refractivity contribution < 1.29 is 52.7 Å². The molecule has 0 aliphatic heterocycles. The van der Waals surface area contributed by atoms with Gasteiger partial charge in [0.05, 0.1) is 89.1 Å². The Morgan fingerprint density at radius 2 is 0.513 bits per heavy atom. The lowest BCUT2D eigenvalue weighted by atomic mass is 10.0. The first kappa shape index (κ1) is 46.6. The number of para-hydroxylation sites is 4. The Hall–Kier alpha value is -9.17. The third-order valence-corrected chi connectivity index (χ3v) is 14.3. The van der Waals surface area contributed by atoms with E-state index in [0.29, 0.717) is 43.6 Å². The summed E-state index contributed by atoms with van der Waals surface area (Å²) in [6, 6.07) is 42.7. The van der Waals surface area contributed by atoms with E-state index in [4.69, 9.17) is 0 Å². The molecule has 0 radical (unpaired) electrons. The van der Waals surface area contributed by atoms with Gasteiger partial charge in [0.2, 0.25) is 0 Å². The van der Waals surface area contributed by atoms with Crippen LogP contribution in [0.15, 0.2) is 176 Å². The summed E-state index contributed by atoms with van der Waals surface area (Å²) >= 11 is 0. The summed E-state index contributed by atoms with van der Waals surface area (Å²) in [5, 5.41) is 14.0. The van der Waals surface area contributed by atoms with Crippen LogP contribution in [0.5, 0.6) is 0 Å². The first-order valence-corrected chi connectivity index (χ1v) is 23.3. The number of nitrogens with zero attached hydrogens (tertiary/aromatic N) is 5. The highest BCUT2D eigenvalue weighted by molar-refractivity contribution is 6.15. The van der Waals surface area contributed by atoms with E-state index >= 15 is 0 Å². The molecule has 0 saturated carbocycles. The SMILES string of the molecule is N#Cc1c(-n2c3ccccc3c3cc(C(F)(F)F)ccc32)c(-n2c3ccccc3c3cc(C(F)(F)F)ccc32)cc(-n2c3ccccc3c3cc(C(F)(F)F)ccc32)c1-n1c2ccccc2c2cc(C(F)(F)F)ccc21. The van der Waals surface area contributed by atoms with Crippen LogP contribution in [0.1, 0.15) is 27.8 Å². The van der Waals surface area contributed by atoms with E-state index in [0.717, 1.165) is 48.5 Å². The van der Waals surface area contributed by atoms with Gasteiger partial charge in [0.1, 0.15) is 11.6 Å². The number of hydrogen-bond acceptors (Lipinski definition) is 1. The molecule has 0 bridgehead atoms. The zero-order valence-corrected chi connectivity index (χ0v) is 38.5. The summed E-state index contributed by atoms with van der Waals surface area (Å²) in [4.78, 5) is 0. The number of alkyl halides is 12. The van der Waals surface area contributed by atoms with Crippen molar-refractivity contribution in [1.82, 2.24) is 18.3 Å². The fraction of sp³-hybridized carbons (Fsp3) is 0.0678. The van der Waals surface area contributed by atoms with Crippen molar-refractivity contribution in [3.05, 3.63) is 204 Å². The minimum absolute atomic E-state index is 0.00673. The number of rotatable bonds is 4. The van der Waals surface area contributed by atoms with Crippen LogP contribution in [0.25, 0.3) is 110 Å². The Bertz CT molecular complexity index is 4380. The van der Waals surface area contributed by atoms with Gasteiger partial charge in [-0.3, -0.25) is 0 Å². The molecule has 13 aromatic rings. The number of fused-ring (bicyclic) bond motifs is 12. The van der Waals surface area contributed by atoms with Gasteiger partial charge in [-0.25, -0.2) is 0 Å². The third kappa shape index (κ3) is 6.82. The van der Waals surface area contributed by atoms with Gasteiger partial charge in [-0.05, 0) is 103 Å². The van der Waals surface area contributed by atoms with Crippen molar-refractivity contribution in [3.63, 3.8) is 0 Å². The Labute approximate surface area is 419 Å². The number of benzene rings is 9. The Morgan fingerprint density at radius 3 is 0.776 bits per heavy atom. The third-order valence-electron chi connectivity index (χ3n) is 14.3. The minimum Gasteiger partial charge on any atom is -0.307 e. The Morgan fingerprint density at radius 1 is 0.276 bits per heavy atom. The maximum atomic E-state index is 14.6. The number of hydrogen-bond donors (Lipinski definition) is 0. The molecular formula is C59H29F12N5. The van der Waals surface area contributed by atoms with E-state index in [-0.39, 0.29) is 71.9 Å². The lowest BCUT2D eigenvalue weighted by Crippen LogP contribution is -2.14. The number of halogens is 12. The molecule has 0 aliphatic rings. The Kier molecular flexibility index (Phi) is 9.76. The largest absolute Gasteiger partial charge is 0.416 e. The van der Waals surface area contributed by atoms with Crippen LogP contribution in [-0.4, -0.2) is 18.3 Å². The molecule has 13 rings (SSSR count). The predicted molar refractivity (Wildman–Crippen MR) is 269 cm³/mol. The summed E-state index contributed by atoms with van der Waals surface area (Å²) in [5.74, 6) is 0. The smallest absolute Gasteiger partial charge is 0.307 e. The fourth-order valence-corrected chi connectivity index (χ4v) is 11.1. The maximum absolute atomic E-state index is 14.6. The second kappa shape index (κ2) is 15.9. The van der Waals surface area contributed by atoms with E-state index in [9.17, 15) is 57.9 Å². The molecule has 0 spiro atoms. The first-order chi connectivity index (χ1) is 36.2. The zero-order valence-electron chi connectivity index (χ0n) is 38.5. The summed E-state index contributed by atoms with van der Waals surface area (Å²) in [6.07, 6.45) is -19.2. The van der Waals surface area contributed by atoms with Crippen molar-refractivity contribution in [2.24, 2.45) is 0 Å². The molecule has 0 amide bonds. The van der Waals surface area contributed by atoms with E-state index in [1.807, 2.05) is 0 Å². The van der Waals surface area contributed by atoms with Crippen LogP contribution in [0.4, 0.5) is 52.7 Å². The molecule has 4 heterocycles. The van der Waals surface area contributed by atoms with Crippen molar-refractivity contribution >= 4 is 87.2 Å². The van der Waals surface area contributed by atoms with Gasteiger partial charge in [0, 0.05) is 43.1 Å². The molecule has 9 aromatic carbocycles. The Balaban J connectivity index is 1.31. The van der Waals surface area contributed by atoms with Crippen LogP contribution in [0.2, 0.25) is 0 Å². The van der Waals surface area contributed by atoms with E-state index < -0.39 is 47.0 Å². The minimum atomic E-state index is -4.79. The molecule has 0 saturated heterocycles. The molecule has 0 atom stereocenters. The molecule has 17 heteroatoms. The molecule has 0 unspecified atom stereocenters. The second-order valence-electron chi connectivity index (χ2n) is 18.4. The van der Waals surface area contributed by atoms with Gasteiger partial charge in [-0.2, -0.15) is 57.9 Å². The molecule has 0 N–H and O–H groups in total. The average molecular weight is 1040 g/mol. The summed E-state index contributed by atoms with van der Waals surface area (Å²) in [5.41, 5.74) is -1.99. The van der Waals surface area contributed by atoms with Gasteiger partial charge >= 0.3 is 24.7 Å². The highest BCUT2D eigenvalue weighted by Crippen LogP contribution is 2.49. The molecule has 76 heavy (non-hydrogen) atoms. The highest BCUT2D eigenvalue weighted by Gasteiger charge is 2.37. The lowest BCUT2D eigenvalue weighted by molar-refractivity contribution is -0.138. The number of aromatic nitrogens is 4. The average Bonchev–Trinajstić information content (AvgIpc) is 4.30. The van der Waals surface area contributed by atoms with Crippen molar-refractivity contribution in [2.75, 3.05) is 0 Å². The fourth-order valence-electron chi connectivity index (χ4n) is 11.1. The van der Waals surface area contributed by atoms with E-state index in [1.54, 1.807) is 121 Å². The van der Waals surface area contributed by atoms with Crippen LogP contribution >= 0.6 is 0 Å². The van der Waals surface area contributed by atoms with Gasteiger partial charge in [-0.1, -0.05) is 72.8 Å². The van der Waals surface area contributed by atoms with Gasteiger partial charge < -0.3 is 18.3 Å². The molecular weight excluding hydrogens is 1010 g/mol. The van der Waals surface area contributed by atoms with Crippen molar-refractivity contribution in [3.8, 4) is 28.8 Å². The van der Waals surface area contributed by atoms with Crippen LogP contribution in [0, 0.1) is 11.3 Å². The quantitative estimate of drug-likeness (QED) is 0.162. The van der Waals surface area contributed by atoms with E-state index in [1.165, 1.54) is 24.3 Å².